The summed E-state index contributed by atoms with van der Waals surface area (Å²) in [5.41, 5.74) is 0.668. The van der Waals surface area contributed by atoms with E-state index in [1.807, 2.05) is 25.1 Å². The number of hydrogen-bond acceptors (Lipinski definition) is 3. The van der Waals surface area contributed by atoms with Crippen LogP contribution in [0.1, 0.15) is 17.3 Å². The predicted octanol–water partition coefficient (Wildman–Crippen LogP) is 2.50. The summed E-state index contributed by atoms with van der Waals surface area (Å²) in [7, 11) is 0. The van der Waals surface area contributed by atoms with Crippen molar-refractivity contribution in [3.8, 4) is 0 Å². The molecule has 0 aliphatic carbocycles. The molecule has 1 N–H and O–H groups in total. The third kappa shape index (κ3) is 4.44. The molecule has 0 heterocycles. The fourth-order valence-corrected chi connectivity index (χ4v) is 1.98. The highest BCUT2D eigenvalue weighted by molar-refractivity contribution is 8.23. The molecule has 1 aromatic rings. The molecule has 2 nitrogen and oxygen atoms in total. The topological polar surface area (TPSA) is 29.1 Å². The maximum Gasteiger partial charge on any atom is 0.251 e. The fourth-order valence-electron chi connectivity index (χ4n) is 1.06. The Labute approximate surface area is 99.4 Å². The van der Waals surface area contributed by atoms with Gasteiger partial charge in [-0.3, -0.25) is 4.79 Å². The van der Waals surface area contributed by atoms with Crippen LogP contribution in [0.2, 0.25) is 0 Å². The minimum Gasteiger partial charge on any atom is -0.347 e. The molecular formula is C11H13NOS2. The lowest BCUT2D eigenvalue weighted by Crippen LogP contribution is -2.27. The van der Waals surface area contributed by atoms with Gasteiger partial charge in [-0.15, -0.1) is 11.8 Å². The van der Waals surface area contributed by atoms with Gasteiger partial charge in [0.15, 0.2) is 0 Å². The van der Waals surface area contributed by atoms with Gasteiger partial charge in [-0.1, -0.05) is 37.3 Å². The number of hydrogen-bond donors (Lipinski definition) is 1. The fraction of sp³-hybridized carbons (Fsp3) is 0.273. The van der Waals surface area contributed by atoms with Gasteiger partial charge >= 0.3 is 0 Å². The van der Waals surface area contributed by atoms with Crippen LogP contribution in [0.3, 0.4) is 0 Å². The number of benzene rings is 1. The first-order valence-corrected chi connectivity index (χ1v) is 6.12. The molecule has 0 aromatic heterocycles. The Kier molecular flexibility index (Phi) is 5.36. The first kappa shape index (κ1) is 12.2. The van der Waals surface area contributed by atoms with Crippen LogP contribution in [0.15, 0.2) is 30.3 Å². The van der Waals surface area contributed by atoms with E-state index in [0.29, 0.717) is 12.1 Å². The molecule has 1 amide bonds. The van der Waals surface area contributed by atoms with Gasteiger partial charge in [-0.25, -0.2) is 0 Å². The third-order valence-electron chi connectivity index (χ3n) is 1.73. The summed E-state index contributed by atoms with van der Waals surface area (Å²) in [6, 6.07) is 9.13. The average Bonchev–Trinajstić information content (AvgIpc) is 2.27. The molecule has 0 aliphatic rings. The van der Waals surface area contributed by atoms with Crippen LogP contribution in [0, 0.1) is 0 Å². The number of rotatable bonds is 4. The zero-order chi connectivity index (χ0) is 11.1. The molecule has 0 unspecified atom stereocenters. The van der Waals surface area contributed by atoms with Gasteiger partial charge in [0.1, 0.15) is 0 Å². The first-order chi connectivity index (χ1) is 7.24. The number of carbonyl (C=O) groups is 1. The quantitative estimate of drug-likeness (QED) is 0.819. The largest absolute Gasteiger partial charge is 0.347 e. The lowest BCUT2D eigenvalue weighted by molar-refractivity contribution is 0.0960. The molecule has 0 saturated heterocycles. The van der Waals surface area contributed by atoms with E-state index in [1.165, 1.54) is 0 Å². The monoisotopic (exact) mass is 239 g/mol. The van der Waals surface area contributed by atoms with Crippen LogP contribution in [0.4, 0.5) is 0 Å². The van der Waals surface area contributed by atoms with Crippen molar-refractivity contribution in [1.82, 2.24) is 5.32 Å². The summed E-state index contributed by atoms with van der Waals surface area (Å²) in [6.07, 6.45) is 0. The van der Waals surface area contributed by atoms with Crippen molar-refractivity contribution in [3.63, 3.8) is 0 Å². The minimum absolute atomic E-state index is 0.0744. The van der Waals surface area contributed by atoms with E-state index >= 15 is 0 Å². The first-order valence-electron chi connectivity index (χ1n) is 4.73. The van der Waals surface area contributed by atoms with Crippen molar-refractivity contribution in [2.75, 3.05) is 12.3 Å². The second-order valence-electron chi connectivity index (χ2n) is 2.85. The molecule has 0 radical (unpaired) electrons. The summed E-state index contributed by atoms with van der Waals surface area (Å²) in [6.45, 7) is 2.50. The van der Waals surface area contributed by atoms with Crippen molar-refractivity contribution in [2.24, 2.45) is 0 Å². The maximum absolute atomic E-state index is 11.6. The SMILES string of the molecule is CCSC(=S)CNC(=O)c1ccccc1. The standard InChI is InChI=1S/C11H13NOS2/c1-2-15-10(14)8-12-11(13)9-6-4-3-5-7-9/h3-7H,2,8H2,1H3,(H,12,13). The maximum atomic E-state index is 11.6. The Balaban J connectivity index is 2.40. The Bertz CT molecular complexity index is 338. The van der Waals surface area contributed by atoms with Crippen molar-refractivity contribution in [3.05, 3.63) is 35.9 Å². The molecule has 1 rings (SSSR count). The number of nitrogens with one attached hydrogen (secondary N) is 1. The molecule has 0 fully saturated rings. The van der Waals surface area contributed by atoms with E-state index in [4.69, 9.17) is 12.2 Å². The van der Waals surface area contributed by atoms with Crippen molar-refractivity contribution in [2.45, 2.75) is 6.92 Å². The van der Waals surface area contributed by atoms with Gasteiger partial charge in [-0.2, -0.15) is 0 Å². The van der Waals surface area contributed by atoms with Gasteiger partial charge in [-0.05, 0) is 17.9 Å². The molecule has 0 saturated carbocycles. The van der Waals surface area contributed by atoms with Gasteiger partial charge < -0.3 is 5.32 Å². The number of carbonyl (C=O) groups excluding carboxylic acids is 1. The molecule has 15 heavy (non-hydrogen) atoms. The van der Waals surface area contributed by atoms with Crippen molar-refractivity contribution in [1.29, 1.82) is 0 Å². The highest BCUT2D eigenvalue weighted by Gasteiger charge is 2.04. The lowest BCUT2D eigenvalue weighted by atomic mass is 10.2. The molecule has 0 atom stereocenters. The van der Waals surface area contributed by atoms with Crippen molar-refractivity contribution < 1.29 is 4.79 Å². The van der Waals surface area contributed by atoms with Gasteiger partial charge in [0.05, 0.1) is 10.7 Å². The summed E-state index contributed by atoms with van der Waals surface area (Å²) in [4.78, 5) is 11.6. The normalized spacial score (nSPS) is 9.67. The van der Waals surface area contributed by atoms with E-state index in [9.17, 15) is 4.79 Å². The zero-order valence-corrected chi connectivity index (χ0v) is 10.2. The third-order valence-corrected chi connectivity index (χ3v) is 2.99. The van der Waals surface area contributed by atoms with E-state index in [0.717, 1.165) is 9.95 Å². The van der Waals surface area contributed by atoms with E-state index in [-0.39, 0.29) is 5.91 Å². The Morgan fingerprint density at radius 2 is 2.07 bits per heavy atom. The minimum atomic E-state index is -0.0744. The van der Waals surface area contributed by atoms with E-state index in [1.54, 1.807) is 23.9 Å². The van der Waals surface area contributed by atoms with Crippen LogP contribution < -0.4 is 5.32 Å². The van der Waals surface area contributed by atoms with Crippen LogP contribution in [0.25, 0.3) is 0 Å². The number of amides is 1. The summed E-state index contributed by atoms with van der Waals surface area (Å²) >= 11 is 6.65. The van der Waals surface area contributed by atoms with Gasteiger partial charge in [0.2, 0.25) is 0 Å². The number of thiocarbonyl (C=S) groups is 1. The smallest absolute Gasteiger partial charge is 0.251 e. The van der Waals surface area contributed by atoms with Crippen LogP contribution in [-0.4, -0.2) is 22.4 Å². The summed E-state index contributed by atoms with van der Waals surface area (Å²) in [5.74, 6) is 0.870. The molecular weight excluding hydrogens is 226 g/mol. The number of thioether (sulfide) groups is 1. The Morgan fingerprint density at radius 3 is 2.67 bits per heavy atom. The Hall–Kier alpha value is -0.870. The van der Waals surface area contributed by atoms with Crippen LogP contribution in [-0.2, 0) is 0 Å². The molecule has 80 valence electrons. The summed E-state index contributed by atoms with van der Waals surface area (Å²) in [5, 5.41) is 2.78. The molecule has 1 aromatic carbocycles. The molecule has 4 heteroatoms. The zero-order valence-electron chi connectivity index (χ0n) is 8.53. The Morgan fingerprint density at radius 1 is 1.40 bits per heavy atom. The summed E-state index contributed by atoms with van der Waals surface area (Å²) < 4.78 is 0.821. The second kappa shape index (κ2) is 6.58. The second-order valence-corrected chi connectivity index (χ2v) is 4.96. The average molecular weight is 239 g/mol. The van der Waals surface area contributed by atoms with E-state index < -0.39 is 0 Å². The lowest BCUT2D eigenvalue weighted by Gasteiger charge is -2.05. The van der Waals surface area contributed by atoms with E-state index in [2.05, 4.69) is 5.32 Å². The predicted molar refractivity (Wildman–Crippen MR) is 69.5 cm³/mol. The van der Waals surface area contributed by atoms with Gasteiger partial charge in [0.25, 0.3) is 5.91 Å². The van der Waals surface area contributed by atoms with Crippen molar-refractivity contribution >= 4 is 34.1 Å². The van der Waals surface area contributed by atoms with Crippen LogP contribution >= 0.6 is 24.0 Å². The van der Waals surface area contributed by atoms with Gasteiger partial charge in [0, 0.05) is 5.56 Å². The highest BCUT2D eigenvalue weighted by atomic mass is 32.2. The highest BCUT2D eigenvalue weighted by Crippen LogP contribution is 2.03. The molecule has 0 spiro atoms. The molecule has 0 aliphatic heterocycles. The molecule has 0 bridgehead atoms. The van der Waals surface area contributed by atoms with Crippen LogP contribution in [0.5, 0.6) is 0 Å².